The summed E-state index contributed by atoms with van der Waals surface area (Å²) in [5.74, 6) is 0.0355. The fourth-order valence-electron chi connectivity index (χ4n) is 3.50. The lowest BCUT2D eigenvalue weighted by Gasteiger charge is -2.19. The number of para-hydroxylation sites is 1. The van der Waals surface area contributed by atoms with Crippen molar-refractivity contribution in [1.29, 1.82) is 0 Å². The van der Waals surface area contributed by atoms with Crippen LogP contribution in [0.2, 0.25) is 5.02 Å². The Morgan fingerprint density at radius 3 is 3.04 bits per heavy atom. The average molecular weight is 354 g/mol. The zero-order valence-electron chi connectivity index (χ0n) is 13.9. The third-order valence-corrected chi connectivity index (χ3v) is 5.00. The second kappa shape index (κ2) is 6.81. The van der Waals surface area contributed by atoms with Gasteiger partial charge in [0.1, 0.15) is 0 Å². The van der Waals surface area contributed by atoms with Gasteiger partial charge in [0.2, 0.25) is 5.91 Å². The second-order valence-corrected chi connectivity index (χ2v) is 6.83. The third kappa shape index (κ3) is 3.35. The summed E-state index contributed by atoms with van der Waals surface area (Å²) in [6, 6.07) is 14.2. The number of hydrogen-bond donors (Lipinski definition) is 2. The van der Waals surface area contributed by atoms with Crippen molar-refractivity contribution < 1.29 is 4.79 Å². The summed E-state index contributed by atoms with van der Waals surface area (Å²) in [4.78, 5) is 17.8. The zero-order chi connectivity index (χ0) is 17.2. The Bertz CT molecular complexity index is 918. The Morgan fingerprint density at radius 2 is 2.12 bits per heavy atom. The summed E-state index contributed by atoms with van der Waals surface area (Å²) in [7, 11) is 0. The van der Waals surface area contributed by atoms with E-state index in [2.05, 4.69) is 39.5 Å². The van der Waals surface area contributed by atoms with E-state index in [1.54, 1.807) is 0 Å². The molecule has 0 bridgehead atoms. The van der Waals surface area contributed by atoms with Gasteiger partial charge in [0.25, 0.3) is 0 Å². The zero-order valence-corrected chi connectivity index (χ0v) is 14.6. The fraction of sp³-hybridized carbons (Fsp3) is 0.250. The quantitative estimate of drug-likeness (QED) is 0.737. The molecular formula is C20H20ClN3O. The molecule has 25 heavy (non-hydrogen) atoms. The van der Waals surface area contributed by atoms with Gasteiger partial charge in [0, 0.05) is 47.4 Å². The summed E-state index contributed by atoms with van der Waals surface area (Å²) in [6.07, 6.45) is 3.33. The van der Waals surface area contributed by atoms with Crippen LogP contribution in [0.5, 0.6) is 0 Å². The standard InChI is InChI=1S/C20H20ClN3O/c21-16-5-6-18-17(12-16)15(13-23-18)11-20(25)22-8-10-24-9-7-14-3-1-2-4-19(14)24/h1-6,12-13,23H,7-11H2,(H,22,25). The minimum absolute atomic E-state index is 0.0355. The van der Waals surface area contributed by atoms with Crippen LogP contribution in [0.3, 0.4) is 0 Å². The predicted molar refractivity (Wildman–Crippen MR) is 102 cm³/mol. The number of nitrogens with one attached hydrogen (secondary N) is 2. The average Bonchev–Trinajstić information content (AvgIpc) is 3.20. The number of amides is 1. The van der Waals surface area contributed by atoms with Crippen LogP contribution in [-0.2, 0) is 17.6 Å². The van der Waals surface area contributed by atoms with Crippen molar-refractivity contribution in [3.8, 4) is 0 Å². The maximum absolute atomic E-state index is 12.3. The van der Waals surface area contributed by atoms with Crippen molar-refractivity contribution in [3.63, 3.8) is 0 Å². The van der Waals surface area contributed by atoms with Crippen molar-refractivity contribution in [3.05, 3.63) is 64.8 Å². The molecule has 0 atom stereocenters. The Balaban J connectivity index is 1.33. The molecule has 1 aromatic heterocycles. The number of aromatic nitrogens is 1. The van der Waals surface area contributed by atoms with Crippen LogP contribution in [0.25, 0.3) is 10.9 Å². The van der Waals surface area contributed by atoms with Gasteiger partial charge in [0.05, 0.1) is 6.42 Å². The summed E-state index contributed by atoms with van der Waals surface area (Å²) in [5.41, 5.74) is 4.66. The van der Waals surface area contributed by atoms with E-state index in [1.165, 1.54) is 11.3 Å². The van der Waals surface area contributed by atoms with Crippen LogP contribution in [-0.4, -0.2) is 30.5 Å². The number of carbonyl (C=O) groups excluding carboxylic acids is 1. The van der Waals surface area contributed by atoms with Gasteiger partial charge in [-0.05, 0) is 41.8 Å². The number of fused-ring (bicyclic) bond motifs is 2. The summed E-state index contributed by atoms with van der Waals surface area (Å²) < 4.78 is 0. The van der Waals surface area contributed by atoms with Gasteiger partial charge in [-0.15, -0.1) is 0 Å². The molecule has 128 valence electrons. The second-order valence-electron chi connectivity index (χ2n) is 6.40. The Kier molecular flexibility index (Phi) is 4.36. The minimum atomic E-state index is 0.0355. The summed E-state index contributed by atoms with van der Waals surface area (Å²) >= 11 is 6.06. The number of H-pyrrole nitrogens is 1. The molecule has 0 spiro atoms. The monoisotopic (exact) mass is 353 g/mol. The maximum Gasteiger partial charge on any atom is 0.224 e. The van der Waals surface area contributed by atoms with E-state index in [-0.39, 0.29) is 5.91 Å². The number of benzene rings is 2. The molecule has 0 radical (unpaired) electrons. The first kappa shape index (κ1) is 16.0. The maximum atomic E-state index is 12.3. The highest BCUT2D eigenvalue weighted by Crippen LogP contribution is 2.26. The van der Waals surface area contributed by atoms with Gasteiger partial charge >= 0.3 is 0 Å². The molecule has 5 heteroatoms. The van der Waals surface area contributed by atoms with Gasteiger partial charge in [-0.2, -0.15) is 0 Å². The van der Waals surface area contributed by atoms with Crippen LogP contribution < -0.4 is 10.2 Å². The number of rotatable bonds is 5. The molecule has 2 N–H and O–H groups in total. The predicted octanol–water partition coefficient (Wildman–Crippen LogP) is 3.54. The molecule has 0 fully saturated rings. The van der Waals surface area contributed by atoms with Crippen LogP contribution >= 0.6 is 11.6 Å². The highest BCUT2D eigenvalue weighted by Gasteiger charge is 2.17. The lowest BCUT2D eigenvalue weighted by atomic mass is 10.1. The van der Waals surface area contributed by atoms with Crippen LogP contribution in [0, 0.1) is 0 Å². The number of anilines is 1. The SMILES string of the molecule is O=C(Cc1c[nH]c2ccc(Cl)cc12)NCCN1CCc2ccccc21. The molecule has 0 saturated heterocycles. The molecule has 3 aromatic rings. The highest BCUT2D eigenvalue weighted by molar-refractivity contribution is 6.31. The number of nitrogens with zero attached hydrogens (tertiary/aromatic N) is 1. The van der Waals surface area contributed by atoms with Gasteiger partial charge in [-0.1, -0.05) is 29.8 Å². The Morgan fingerprint density at radius 1 is 1.24 bits per heavy atom. The van der Waals surface area contributed by atoms with E-state index >= 15 is 0 Å². The summed E-state index contributed by atoms with van der Waals surface area (Å²) in [5, 5.41) is 4.72. The largest absolute Gasteiger partial charge is 0.369 e. The van der Waals surface area contributed by atoms with E-state index in [1.807, 2.05) is 24.4 Å². The van der Waals surface area contributed by atoms with Gasteiger partial charge in [0.15, 0.2) is 0 Å². The topological polar surface area (TPSA) is 48.1 Å². The van der Waals surface area contributed by atoms with Crippen molar-refractivity contribution in [2.75, 3.05) is 24.5 Å². The van der Waals surface area contributed by atoms with Crippen molar-refractivity contribution in [2.24, 2.45) is 0 Å². The van der Waals surface area contributed by atoms with Crippen molar-refractivity contribution in [2.45, 2.75) is 12.8 Å². The van der Waals surface area contributed by atoms with Crippen molar-refractivity contribution >= 4 is 34.1 Å². The molecule has 0 saturated carbocycles. The van der Waals surface area contributed by atoms with Crippen LogP contribution in [0.15, 0.2) is 48.7 Å². The molecule has 1 amide bonds. The third-order valence-electron chi connectivity index (χ3n) is 4.77. The van der Waals surface area contributed by atoms with Gasteiger partial charge < -0.3 is 15.2 Å². The minimum Gasteiger partial charge on any atom is -0.369 e. The Labute approximate surface area is 151 Å². The number of hydrogen-bond acceptors (Lipinski definition) is 2. The van der Waals surface area contributed by atoms with Crippen molar-refractivity contribution in [1.82, 2.24) is 10.3 Å². The van der Waals surface area contributed by atoms with Gasteiger partial charge in [-0.25, -0.2) is 0 Å². The molecule has 1 aliphatic rings. The van der Waals surface area contributed by atoms with Gasteiger partial charge in [-0.3, -0.25) is 4.79 Å². The molecule has 2 aromatic carbocycles. The fourth-order valence-corrected chi connectivity index (χ4v) is 3.67. The van der Waals surface area contributed by atoms with E-state index < -0.39 is 0 Å². The number of carbonyl (C=O) groups is 1. The van der Waals surface area contributed by atoms with E-state index in [9.17, 15) is 4.79 Å². The lowest BCUT2D eigenvalue weighted by Crippen LogP contribution is -2.34. The molecular weight excluding hydrogens is 334 g/mol. The van der Waals surface area contributed by atoms with Crippen LogP contribution in [0.1, 0.15) is 11.1 Å². The first-order valence-electron chi connectivity index (χ1n) is 8.56. The smallest absolute Gasteiger partial charge is 0.224 e. The Hall–Kier alpha value is -2.46. The molecule has 0 unspecified atom stereocenters. The molecule has 1 aliphatic heterocycles. The van der Waals surface area contributed by atoms with E-state index in [0.717, 1.165) is 36.0 Å². The number of aromatic amines is 1. The normalized spacial score (nSPS) is 13.2. The van der Waals surface area contributed by atoms with E-state index in [4.69, 9.17) is 11.6 Å². The molecule has 0 aliphatic carbocycles. The summed E-state index contributed by atoms with van der Waals surface area (Å²) in [6.45, 7) is 2.51. The molecule has 2 heterocycles. The van der Waals surface area contributed by atoms with E-state index in [0.29, 0.717) is 18.0 Å². The number of halogens is 1. The lowest BCUT2D eigenvalue weighted by molar-refractivity contribution is -0.120. The van der Waals surface area contributed by atoms with Crippen LogP contribution in [0.4, 0.5) is 5.69 Å². The molecule has 4 rings (SSSR count). The molecule has 4 nitrogen and oxygen atoms in total. The highest BCUT2D eigenvalue weighted by atomic mass is 35.5. The first-order chi connectivity index (χ1) is 12.2. The first-order valence-corrected chi connectivity index (χ1v) is 8.93.